The van der Waals surface area contributed by atoms with Crippen LogP contribution < -0.4 is 5.32 Å². The Morgan fingerprint density at radius 3 is 2.50 bits per heavy atom. The van der Waals surface area contributed by atoms with Crippen molar-refractivity contribution in [2.24, 2.45) is 0 Å². The Hall–Kier alpha value is -0.830. The molecular weight excluding hydrogens is 299 g/mol. The highest BCUT2D eigenvalue weighted by Gasteiger charge is 2.32. The summed E-state index contributed by atoms with van der Waals surface area (Å²) in [5.74, 6) is -0.923. The smallest absolute Gasteiger partial charge is 0.372 e. The van der Waals surface area contributed by atoms with E-state index in [1.165, 1.54) is 6.92 Å². The van der Waals surface area contributed by atoms with E-state index in [2.05, 4.69) is 10.1 Å². The van der Waals surface area contributed by atoms with Crippen LogP contribution in [0.3, 0.4) is 0 Å². The van der Waals surface area contributed by atoms with E-state index >= 15 is 0 Å². The Kier molecular flexibility index (Phi) is 5.81. The maximum absolute atomic E-state index is 11.8. The molecule has 9 heteroatoms. The third kappa shape index (κ3) is 6.56. The first-order valence-electron chi connectivity index (χ1n) is 6.28. The third-order valence-corrected chi connectivity index (χ3v) is 4.96. The van der Waals surface area contributed by atoms with E-state index in [1.807, 2.05) is 0 Å². The van der Waals surface area contributed by atoms with Crippen LogP contribution in [0.5, 0.6) is 0 Å². The topological polar surface area (TPSA) is 72.5 Å². The van der Waals surface area contributed by atoms with Crippen LogP contribution in [0.2, 0.25) is 0 Å². The summed E-state index contributed by atoms with van der Waals surface area (Å²) in [6.45, 7) is -0.426. The highest BCUT2D eigenvalue weighted by Crippen LogP contribution is 2.19. The second-order valence-electron chi connectivity index (χ2n) is 4.81. The molecule has 0 heterocycles. The molecule has 118 valence electrons. The first-order chi connectivity index (χ1) is 9.12. The lowest BCUT2D eigenvalue weighted by atomic mass is 10.4. The minimum Gasteiger partial charge on any atom is -0.372 e. The molecule has 0 bridgehead atoms. The summed E-state index contributed by atoms with van der Waals surface area (Å²) < 4.78 is 63.3. The van der Waals surface area contributed by atoms with Gasteiger partial charge in [0.2, 0.25) is 5.91 Å². The standard InChI is InChI=1S/C11H18F3NO4S/c1-8(10(16)15-9-3-4-9)20(17,18)6-2-5-19-7-11(12,13)14/h8-9H,2-7H2,1H3,(H,15,16)/t8-/m0/s1. The van der Waals surface area contributed by atoms with Crippen molar-refractivity contribution < 1.29 is 31.1 Å². The van der Waals surface area contributed by atoms with Gasteiger partial charge in [-0.25, -0.2) is 8.42 Å². The molecule has 1 amide bonds. The predicted molar refractivity (Wildman–Crippen MR) is 65.9 cm³/mol. The van der Waals surface area contributed by atoms with Crippen molar-refractivity contribution >= 4 is 15.7 Å². The van der Waals surface area contributed by atoms with Gasteiger partial charge >= 0.3 is 6.18 Å². The Morgan fingerprint density at radius 1 is 1.40 bits per heavy atom. The molecular formula is C11H18F3NO4S. The predicted octanol–water partition coefficient (Wildman–Crippen LogP) is 1.04. The molecule has 1 aliphatic rings. The number of alkyl halides is 3. The van der Waals surface area contributed by atoms with Crippen LogP contribution in [0.25, 0.3) is 0 Å². The molecule has 0 radical (unpaired) electrons. The summed E-state index contributed by atoms with van der Waals surface area (Å²) in [4.78, 5) is 11.6. The van der Waals surface area contributed by atoms with Gasteiger partial charge in [0.05, 0.1) is 5.75 Å². The van der Waals surface area contributed by atoms with Gasteiger partial charge in [0.15, 0.2) is 9.84 Å². The van der Waals surface area contributed by atoms with Crippen molar-refractivity contribution in [3.8, 4) is 0 Å². The van der Waals surface area contributed by atoms with Crippen molar-refractivity contribution in [1.29, 1.82) is 0 Å². The molecule has 1 aliphatic carbocycles. The molecule has 5 nitrogen and oxygen atoms in total. The zero-order chi connectivity index (χ0) is 15.4. The van der Waals surface area contributed by atoms with Gasteiger partial charge in [-0.1, -0.05) is 0 Å². The Balaban J connectivity index is 2.27. The van der Waals surface area contributed by atoms with Gasteiger partial charge < -0.3 is 10.1 Å². The molecule has 0 aromatic heterocycles. The van der Waals surface area contributed by atoms with E-state index < -0.39 is 33.8 Å². The SMILES string of the molecule is C[C@@H](C(=O)NC1CC1)S(=O)(=O)CCCOCC(F)(F)F. The summed E-state index contributed by atoms with van der Waals surface area (Å²) >= 11 is 0. The number of halogens is 3. The van der Waals surface area contributed by atoms with E-state index in [1.54, 1.807) is 0 Å². The van der Waals surface area contributed by atoms with Gasteiger partial charge in [0.1, 0.15) is 11.9 Å². The highest BCUT2D eigenvalue weighted by molar-refractivity contribution is 7.92. The lowest BCUT2D eigenvalue weighted by Gasteiger charge is -2.13. The number of rotatable bonds is 8. The van der Waals surface area contributed by atoms with E-state index in [9.17, 15) is 26.4 Å². The van der Waals surface area contributed by atoms with Crippen LogP contribution in [0.4, 0.5) is 13.2 Å². The summed E-state index contributed by atoms with van der Waals surface area (Å²) in [6.07, 6.45) is -2.79. The van der Waals surface area contributed by atoms with Gasteiger partial charge in [0.25, 0.3) is 0 Å². The van der Waals surface area contributed by atoms with Crippen molar-refractivity contribution in [1.82, 2.24) is 5.32 Å². The molecule has 0 aromatic carbocycles. The molecule has 1 atom stereocenters. The number of hydrogen-bond acceptors (Lipinski definition) is 4. The van der Waals surface area contributed by atoms with Gasteiger partial charge in [-0.2, -0.15) is 13.2 Å². The van der Waals surface area contributed by atoms with Crippen LogP contribution in [-0.4, -0.2) is 50.8 Å². The zero-order valence-corrected chi connectivity index (χ0v) is 11.9. The molecule has 1 saturated carbocycles. The second kappa shape index (κ2) is 6.75. The Bertz CT molecular complexity index is 431. The molecule has 1 fully saturated rings. The lowest BCUT2D eigenvalue weighted by Crippen LogP contribution is -2.40. The van der Waals surface area contributed by atoms with Crippen molar-refractivity contribution in [2.75, 3.05) is 19.0 Å². The molecule has 0 spiro atoms. The fourth-order valence-electron chi connectivity index (χ4n) is 1.44. The second-order valence-corrected chi connectivity index (χ2v) is 7.25. The number of carbonyl (C=O) groups excluding carboxylic acids is 1. The molecule has 20 heavy (non-hydrogen) atoms. The third-order valence-electron chi connectivity index (χ3n) is 2.81. The Labute approximate surface area is 115 Å². The summed E-state index contributed by atoms with van der Waals surface area (Å²) in [5.41, 5.74) is 0. The van der Waals surface area contributed by atoms with Gasteiger partial charge in [-0.05, 0) is 26.2 Å². The summed E-state index contributed by atoms with van der Waals surface area (Å²) in [7, 11) is -3.67. The Morgan fingerprint density at radius 2 is 2.00 bits per heavy atom. The molecule has 0 unspecified atom stereocenters. The maximum Gasteiger partial charge on any atom is 0.411 e. The highest BCUT2D eigenvalue weighted by atomic mass is 32.2. The number of nitrogens with one attached hydrogen (secondary N) is 1. The van der Waals surface area contributed by atoms with Crippen molar-refractivity contribution in [3.05, 3.63) is 0 Å². The minimum absolute atomic E-state index is 0.0651. The maximum atomic E-state index is 11.8. The van der Waals surface area contributed by atoms with Crippen LogP contribution in [-0.2, 0) is 19.4 Å². The van der Waals surface area contributed by atoms with E-state index in [-0.39, 0.29) is 24.8 Å². The molecule has 0 aromatic rings. The van der Waals surface area contributed by atoms with E-state index in [4.69, 9.17) is 0 Å². The minimum atomic E-state index is -4.42. The van der Waals surface area contributed by atoms with Crippen LogP contribution in [0, 0.1) is 0 Å². The van der Waals surface area contributed by atoms with Gasteiger partial charge in [-0.15, -0.1) is 0 Å². The van der Waals surface area contributed by atoms with Gasteiger partial charge in [0, 0.05) is 12.6 Å². The average molecular weight is 317 g/mol. The quantitative estimate of drug-likeness (QED) is 0.679. The van der Waals surface area contributed by atoms with Crippen molar-refractivity contribution in [3.63, 3.8) is 0 Å². The van der Waals surface area contributed by atoms with Crippen LogP contribution in [0.15, 0.2) is 0 Å². The summed E-state index contributed by atoms with van der Waals surface area (Å²) in [5, 5.41) is 1.39. The number of hydrogen-bond donors (Lipinski definition) is 1. The largest absolute Gasteiger partial charge is 0.411 e. The zero-order valence-electron chi connectivity index (χ0n) is 11.1. The first-order valence-corrected chi connectivity index (χ1v) is 8.00. The van der Waals surface area contributed by atoms with Gasteiger partial charge in [-0.3, -0.25) is 4.79 Å². The number of carbonyl (C=O) groups is 1. The van der Waals surface area contributed by atoms with Crippen molar-refractivity contribution in [2.45, 2.75) is 43.7 Å². The van der Waals surface area contributed by atoms with Crippen LogP contribution >= 0.6 is 0 Å². The van der Waals surface area contributed by atoms with Crippen LogP contribution in [0.1, 0.15) is 26.2 Å². The fourth-order valence-corrected chi connectivity index (χ4v) is 2.70. The summed E-state index contributed by atoms with van der Waals surface area (Å²) in [6, 6.07) is 0.0651. The number of amides is 1. The first kappa shape index (κ1) is 17.2. The lowest BCUT2D eigenvalue weighted by molar-refractivity contribution is -0.173. The fraction of sp³-hybridized carbons (Fsp3) is 0.909. The number of sulfone groups is 1. The van der Waals surface area contributed by atoms with E-state index in [0.29, 0.717) is 0 Å². The molecule has 0 saturated heterocycles. The number of ether oxygens (including phenoxy) is 1. The molecule has 1 N–H and O–H groups in total. The van der Waals surface area contributed by atoms with E-state index in [0.717, 1.165) is 12.8 Å². The monoisotopic (exact) mass is 317 g/mol. The normalized spacial score (nSPS) is 17.8. The average Bonchev–Trinajstić information content (AvgIpc) is 3.09. The molecule has 1 rings (SSSR count). The molecule has 0 aliphatic heterocycles.